The van der Waals surface area contributed by atoms with Crippen molar-refractivity contribution in [1.29, 1.82) is 0 Å². The first kappa shape index (κ1) is 21.6. The summed E-state index contributed by atoms with van der Waals surface area (Å²) in [5.74, 6) is -2.77. The SMILES string of the molecule is CCC1(C(=O)NC(CC(=O)O)C(=O)CF)C=C(c2ccccc2C(C)C)NO1. The summed E-state index contributed by atoms with van der Waals surface area (Å²) in [6.45, 7) is 4.46. The number of hydrogen-bond acceptors (Lipinski definition) is 5. The van der Waals surface area contributed by atoms with Gasteiger partial charge in [-0.05, 0) is 24.0 Å². The monoisotopic (exact) mass is 392 g/mol. The van der Waals surface area contributed by atoms with Crippen molar-refractivity contribution in [3.8, 4) is 0 Å². The summed E-state index contributed by atoms with van der Waals surface area (Å²) >= 11 is 0. The number of carbonyl (C=O) groups is 3. The lowest BCUT2D eigenvalue weighted by atomic mass is 9.92. The van der Waals surface area contributed by atoms with E-state index in [2.05, 4.69) is 10.8 Å². The third-order valence-corrected chi connectivity index (χ3v) is 4.71. The first-order valence-electron chi connectivity index (χ1n) is 9.11. The molecule has 0 aliphatic carbocycles. The molecule has 8 heteroatoms. The topological polar surface area (TPSA) is 105 Å². The maximum absolute atomic E-state index is 12.8. The number of aliphatic carboxylic acids is 1. The lowest BCUT2D eigenvalue weighted by Gasteiger charge is -2.25. The van der Waals surface area contributed by atoms with Crippen LogP contribution in [0.1, 0.15) is 50.7 Å². The Morgan fingerprint density at radius 1 is 1.29 bits per heavy atom. The number of rotatable bonds is 9. The molecule has 1 aliphatic heterocycles. The highest BCUT2D eigenvalue weighted by molar-refractivity contribution is 5.97. The quantitative estimate of drug-likeness (QED) is 0.596. The number of halogens is 1. The van der Waals surface area contributed by atoms with Crippen LogP contribution in [-0.4, -0.2) is 41.1 Å². The van der Waals surface area contributed by atoms with E-state index in [1.165, 1.54) is 0 Å². The summed E-state index contributed by atoms with van der Waals surface area (Å²) in [4.78, 5) is 41.0. The second-order valence-electron chi connectivity index (χ2n) is 6.97. The van der Waals surface area contributed by atoms with Gasteiger partial charge in [-0.2, -0.15) is 0 Å². The van der Waals surface area contributed by atoms with Crippen LogP contribution in [0.2, 0.25) is 0 Å². The maximum Gasteiger partial charge on any atom is 0.305 e. The summed E-state index contributed by atoms with van der Waals surface area (Å²) in [6, 6.07) is 6.23. The molecule has 1 aromatic carbocycles. The highest BCUT2D eigenvalue weighted by Gasteiger charge is 2.43. The first-order valence-corrected chi connectivity index (χ1v) is 9.11. The number of hydrogen-bond donors (Lipinski definition) is 3. The van der Waals surface area contributed by atoms with Gasteiger partial charge in [-0.15, -0.1) is 0 Å². The Morgan fingerprint density at radius 2 is 1.96 bits per heavy atom. The van der Waals surface area contributed by atoms with Crippen molar-refractivity contribution < 1.29 is 28.7 Å². The molecule has 152 valence electrons. The molecule has 2 atom stereocenters. The van der Waals surface area contributed by atoms with Gasteiger partial charge in [-0.3, -0.25) is 24.7 Å². The average Bonchev–Trinajstić information content (AvgIpc) is 3.12. The summed E-state index contributed by atoms with van der Waals surface area (Å²) in [5, 5.41) is 11.2. The summed E-state index contributed by atoms with van der Waals surface area (Å²) in [6.07, 6.45) is 1.14. The maximum atomic E-state index is 12.8. The number of nitrogens with one attached hydrogen (secondary N) is 2. The van der Waals surface area contributed by atoms with Crippen LogP contribution in [0.15, 0.2) is 30.3 Å². The molecule has 0 fully saturated rings. The number of carboxylic acid groups (broad SMARTS) is 1. The number of alkyl halides is 1. The number of carboxylic acids is 1. The second kappa shape index (κ2) is 8.97. The molecular formula is C20H25FN2O5. The van der Waals surface area contributed by atoms with E-state index in [1.54, 1.807) is 13.0 Å². The van der Waals surface area contributed by atoms with Gasteiger partial charge in [0.05, 0.1) is 12.1 Å². The highest BCUT2D eigenvalue weighted by atomic mass is 19.1. The van der Waals surface area contributed by atoms with Crippen LogP contribution in [0.5, 0.6) is 0 Å². The number of Topliss-reactive ketones (excluding diaryl/α,β-unsaturated/α-hetero) is 1. The van der Waals surface area contributed by atoms with Crippen molar-refractivity contribution in [2.24, 2.45) is 0 Å². The molecule has 1 aliphatic rings. The van der Waals surface area contributed by atoms with Gasteiger partial charge in [0.1, 0.15) is 12.7 Å². The Balaban J connectivity index is 2.31. The molecule has 0 bridgehead atoms. The van der Waals surface area contributed by atoms with Crippen LogP contribution in [0, 0.1) is 0 Å². The number of hydroxylamine groups is 1. The van der Waals surface area contributed by atoms with Gasteiger partial charge in [0.25, 0.3) is 5.91 Å². The minimum Gasteiger partial charge on any atom is -0.481 e. The predicted octanol–water partition coefficient (Wildman–Crippen LogP) is 2.33. The molecule has 2 rings (SSSR count). The van der Waals surface area contributed by atoms with Gasteiger partial charge in [-0.1, -0.05) is 45.0 Å². The van der Waals surface area contributed by atoms with Crippen molar-refractivity contribution in [3.05, 3.63) is 41.5 Å². The number of benzene rings is 1. The lowest BCUT2D eigenvalue weighted by molar-refractivity contribution is -0.147. The van der Waals surface area contributed by atoms with Crippen LogP contribution in [0.3, 0.4) is 0 Å². The van der Waals surface area contributed by atoms with Crippen molar-refractivity contribution in [1.82, 2.24) is 10.8 Å². The van der Waals surface area contributed by atoms with Crippen LogP contribution in [0.4, 0.5) is 4.39 Å². The van der Waals surface area contributed by atoms with E-state index >= 15 is 0 Å². The Hall–Kier alpha value is -2.74. The molecule has 28 heavy (non-hydrogen) atoms. The van der Waals surface area contributed by atoms with Crippen LogP contribution in [0.25, 0.3) is 5.70 Å². The summed E-state index contributed by atoms with van der Waals surface area (Å²) in [7, 11) is 0. The van der Waals surface area contributed by atoms with Gasteiger partial charge >= 0.3 is 5.97 Å². The van der Waals surface area contributed by atoms with E-state index in [1.807, 2.05) is 38.1 Å². The van der Waals surface area contributed by atoms with E-state index in [0.717, 1.165) is 11.1 Å². The molecule has 1 heterocycles. The Bertz CT molecular complexity index is 793. The fourth-order valence-electron chi connectivity index (χ4n) is 3.06. The van der Waals surface area contributed by atoms with Crippen molar-refractivity contribution in [2.75, 3.05) is 6.67 Å². The minimum atomic E-state index is -1.46. The third-order valence-electron chi connectivity index (χ3n) is 4.71. The van der Waals surface area contributed by atoms with Crippen LogP contribution < -0.4 is 10.8 Å². The fourth-order valence-corrected chi connectivity index (χ4v) is 3.06. The molecule has 0 radical (unpaired) electrons. The molecule has 1 amide bonds. The van der Waals surface area contributed by atoms with E-state index in [0.29, 0.717) is 5.70 Å². The Kier molecular flexibility index (Phi) is 6.90. The lowest BCUT2D eigenvalue weighted by Crippen LogP contribution is -2.53. The Morgan fingerprint density at radius 3 is 2.54 bits per heavy atom. The van der Waals surface area contributed by atoms with E-state index in [-0.39, 0.29) is 12.3 Å². The van der Waals surface area contributed by atoms with Crippen molar-refractivity contribution in [3.63, 3.8) is 0 Å². The molecule has 0 saturated carbocycles. The zero-order valence-corrected chi connectivity index (χ0v) is 16.1. The van der Waals surface area contributed by atoms with Gasteiger partial charge in [0.15, 0.2) is 11.4 Å². The van der Waals surface area contributed by atoms with E-state index in [9.17, 15) is 18.8 Å². The molecule has 0 spiro atoms. The zero-order valence-electron chi connectivity index (χ0n) is 16.1. The highest BCUT2D eigenvalue weighted by Crippen LogP contribution is 2.32. The first-order chi connectivity index (χ1) is 13.2. The molecule has 2 unspecified atom stereocenters. The molecular weight excluding hydrogens is 367 g/mol. The predicted molar refractivity (Wildman–Crippen MR) is 101 cm³/mol. The molecule has 1 aromatic rings. The van der Waals surface area contributed by atoms with E-state index < -0.39 is 42.4 Å². The number of amides is 1. The average molecular weight is 392 g/mol. The molecule has 7 nitrogen and oxygen atoms in total. The third kappa shape index (κ3) is 4.56. The summed E-state index contributed by atoms with van der Waals surface area (Å²) in [5.41, 5.74) is 3.88. The Labute approximate surface area is 162 Å². The largest absolute Gasteiger partial charge is 0.481 e. The normalized spacial score (nSPS) is 19.7. The fraction of sp³-hybridized carbons (Fsp3) is 0.450. The van der Waals surface area contributed by atoms with E-state index in [4.69, 9.17) is 9.94 Å². The second-order valence-corrected chi connectivity index (χ2v) is 6.97. The van der Waals surface area contributed by atoms with Gasteiger partial charge < -0.3 is 10.4 Å². The molecule has 0 saturated heterocycles. The zero-order chi connectivity index (χ0) is 20.9. The van der Waals surface area contributed by atoms with Gasteiger partial charge in [-0.25, -0.2) is 4.39 Å². The van der Waals surface area contributed by atoms with Crippen molar-refractivity contribution >= 4 is 23.4 Å². The van der Waals surface area contributed by atoms with Gasteiger partial charge in [0, 0.05) is 5.56 Å². The standard InChI is InChI=1S/C20H25FN2O5/c1-4-20(19(27)22-15(9-18(25)26)17(24)11-21)10-16(23-28-20)14-8-6-5-7-13(14)12(2)3/h5-8,10,12,15,23H,4,9,11H2,1-3H3,(H,22,27)(H,25,26). The minimum absolute atomic E-state index is 0.225. The van der Waals surface area contributed by atoms with Gasteiger partial charge in [0.2, 0.25) is 0 Å². The van der Waals surface area contributed by atoms with Crippen LogP contribution >= 0.6 is 0 Å². The number of ketones is 1. The van der Waals surface area contributed by atoms with Crippen LogP contribution in [-0.2, 0) is 19.2 Å². The smallest absolute Gasteiger partial charge is 0.305 e. The molecule has 3 N–H and O–H groups in total. The number of carbonyl (C=O) groups excluding carboxylic acids is 2. The van der Waals surface area contributed by atoms with Crippen molar-refractivity contribution in [2.45, 2.75) is 51.2 Å². The summed E-state index contributed by atoms with van der Waals surface area (Å²) < 4.78 is 12.7. The molecule has 0 aromatic heterocycles.